The SMILES string of the molecule is Cc1ccc2cc(C#N)c(SCC(=O)NCc3ccc4c(c3)OCO4)nc2c1C. The Morgan fingerprint density at radius 3 is 2.86 bits per heavy atom. The lowest BCUT2D eigenvalue weighted by molar-refractivity contribution is -0.118. The summed E-state index contributed by atoms with van der Waals surface area (Å²) in [5.74, 6) is 1.46. The molecule has 1 amide bonds. The van der Waals surface area contributed by atoms with Crippen molar-refractivity contribution in [3.63, 3.8) is 0 Å². The van der Waals surface area contributed by atoms with E-state index < -0.39 is 0 Å². The average molecular weight is 405 g/mol. The molecule has 2 aromatic carbocycles. The maximum absolute atomic E-state index is 12.3. The Balaban J connectivity index is 1.43. The van der Waals surface area contributed by atoms with Crippen LogP contribution in [-0.4, -0.2) is 23.4 Å². The minimum atomic E-state index is -0.126. The highest BCUT2D eigenvalue weighted by Gasteiger charge is 2.14. The highest BCUT2D eigenvalue weighted by atomic mass is 32.2. The standard InChI is InChI=1S/C22H19N3O3S/c1-13-3-5-16-8-17(9-23)22(25-21(16)14(13)2)29-11-20(26)24-10-15-4-6-18-19(7-15)28-12-27-18/h3-8H,10-12H2,1-2H3,(H,24,26). The van der Waals surface area contributed by atoms with Crippen LogP contribution >= 0.6 is 11.8 Å². The molecule has 0 fully saturated rings. The van der Waals surface area contributed by atoms with Gasteiger partial charge in [0.05, 0.1) is 16.8 Å². The smallest absolute Gasteiger partial charge is 0.231 e. The maximum Gasteiger partial charge on any atom is 0.231 e. The van der Waals surface area contributed by atoms with Gasteiger partial charge < -0.3 is 14.8 Å². The van der Waals surface area contributed by atoms with Gasteiger partial charge in [-0.1, -0.05) is 30.0 Å². The summed E-state index contributed by atoms with van der Waals surface area (Å²) in [4.78, 5) is 17.0. The number of benzene rings is 2. The van der Waals surface area contributed by atoms with Crippen LogP contribution in [0.2, 0.25) is 0 Å². The summed E-state index contributed by atoms with van der Waals surface area (Å²) in [7, 11) is 0. The van der Waals surface area contributed by atoms with Crippen LogP contribution < -0.4 is 14.8 Å². The van der Waals surface area contributed by atoms with Crippen LogP contribution in [0, 0.1) is 25.2 Å². The van der Waals surface area contributed by atoms with Gasteiger partial charge in [0, 0.05) is 11.9 Å². The van der Waals surface area contributed by atoms with E-state index in [1.54, 1.807) is 0 Å². The molecule has 0 radical (unpaired) electrons. The van der Waals surface area contributed by atoms with Crippen molar-refractivity contribution >= 4 is 28.6 Å². The van der Waals surface area contributed by atoms with E-state index in [0.717, 1.165) is 27.6 Å². The van der Waals surface area contributed by atoms with Gasteiger partial charge in [-0.15, -0.1) is 0 Å². The molecule has 4 rings (SSSR count). The number of aromatic nitrogens is 1. The lowest BCUT2D eigenvalue weighted by Crippen LogP contribution is -2.24. The van der Waals surface area contributed by atoms with Crippen molar-refractivity contribution in [2.75, 3.05) is 12.5 Å². The van der Waals surface area contributed by atoms with Crippen LogP contribution in [0.3, 0.4) is 0 Å². The average Bonchev–Trinajstić information content (AvgIpc) is 3.21. The number of amides is 1. The Kier molecular flexibility index (Phi) is 5.28. The monoisotopic (exact) mass is 405 g/mol. The molecule has 2 heterocycles. The van der Waals surface area contributed by atoms with Gasteiger partial charge in [0.2, 0.25) is 12.7 Å². The fourth-order valence-corrected chi connectivity index (χ4v) is 3.88. The van der Waals surface area contributed by atoms with E-state index in [4.69, 9.17) is 9.47 Å². The first kappa shape index (κ1) is 19.1. The summed E-state index contributed by atoms with van der Waals surface area (Å²) in [6, 6.07) is 13.6. The van der Waals surface area contributed by atoms with E-state index in [2.05, 4.69) is 16.4 Å². The number of fused-ring (bicyclic) bond motifs is 2. The molecule has 0 aliphatic carbocycles. The molecule has 29 heavy (non-hydrogen) atoms. The first-order valence-electron chi connectivity index (χ1n) is 9.14. The summed E-state index contributed by atoms with van der Waals surface area (Å²) >= 11 is 1.27. The van der Waals surface area contributed by atoms with Crippen molar-refractivity contribution in [1.29, 1.82) is 5.26 Å². The number of hydrogen-bond donors (Lipinski definition) is 1. The van der Waals surface area contributed by atoms with Crippen molar-refractivity contribution < 1.29 is 14.3 Å². The van der Waals surface area contributed by atoms with Crippen LogP contribution in [0.4, 0.5) is 0 Å². The fraction of sp³-hybridized carbons (Fsp3) is 0.227. The number of hydrogen-bond acceptors (Lipinski definition) is 6. The third kappa shape index (κ3) is 3.98. The van der Waals surface area contributed by atoms with Gasteiger partial charge in [-0.3, -0.25) is 4.79 Å². The molecule has 146 valence electrons. The fourth-order valence-electron chi connectivity index (χ4n) is 3.09. The number of pyridine rings is 1. The molecule has 1 N–H and O–H groups in total. The van der Waals surface area contributed by atoms with Crippen LogP contribution in [0.15, 0.2) is 41.4 Å². The molecule has 0 spiro atoms. The zero-order chi connectivity index (χ0) is 20.4. The number of thioether (sulfide) groups is 1. The molecule has 1 aliphatic rings. The normalized spacial score (nSPS) is 12.0. The van der Waals surface area contributed by atoms with E-state index in [-0.39, 0.29) is 18.5 Å². The van der Waals surface area contributed by atoms with E-state index in [9.17, 15) is 10.1 Å². The Morgan fingerprint density at radius 1 is 1.21 bits per heavy atom. The van der Waals surface area contributed by atoms with Crippen molar-refractivity contribution in [3.05, 3.63) is 58.7 Å². The molecule has 1 aromatic heterocycles. The van der Waals surface area contributed by atoms with Gasteiger partial charge in [-0.05, 0) is 48.7 Å². The van der Waals surface area contributed by atoms with E-state index in [0.29, 0.717) is 28.6 Å². The van der Waals surface area contributed by atoms with Gasteiger partial charge in [-0.25, -0.2) is 4.98 Å². The second-order valence-electron chi connectivity index (χ2n) is 6.79. The molecule has 1 aliphatic heterocycles. The topological polar surface area (TPSA) is 84.2 Å². The first-order chi connectivity index (χ1) is 14.0. The summed E-state index contributed by atoms with van der Waals surface area (Å²) in [5, 5.41) is 13.9. The van der Waals surface area contributed by atoms with E-state index in [1.165, 1.54) is 11.8 Å². The minimum absolute atomic E-state index is 0.126. The van der Waals surface area contributed by atoms with Crippen molar-refractivity contribution in [3.8, 4) is 17.6 Å². The molecule has 0 saturated carbocycles. The van der Waals surface area contributed by atoms with Crippen LogP contribution in [0.25, 0.3) is 10.9 Å². The summed E-state index contributed by atoms with van der Waals surface area (Å²) < 4.78 is 10.6. The number of nitrogens with one attached hydrogen (secondary N) is 1. The summed E-state index contributed by atoms with van der Waals surface area (Å²) in [6.45, 7) is 4.67. The number of carbonyl (C=O) groups is 1. The zero-order valence-corrected chi connectivity index (χ0v) is 16.9. The molecule has 0 bridgehead atoms. The third-order valence-electron chi connectivity index (χ3n) is 4.86. The predicted molar refractivity (Wildman–Crippen MR) is 111 cm³/mol. The number of ether oxygens (including phenoxy) is 2. The molecule has 3 aromatic rings. The third-order valence-corrected chi connectivity index (χ3v) is 5.85. The number of aryl methyl sites for hydroxylation is 2. The second-order valence-corrected chi connectivity index (χ2v) is 7.75. The van der Waals surface area contributed by atoms with Gasteiger partial charge in [0.1, 0.15) is 11.1 Å². The summed E-state index contributed by atoms with van der Waals surface area (Å²) in [5.41, 5.74) is 4.51. The second kappa shape index (κ2) is 8.02. The highest BCUT2D eigenvalue weighted by Crippen LogP contribution is 2.32. The molecular formula is C22H19N3O3S. The van der Waals surface area contributed by atoms with Crippen molar-refractivity contribution in [2.24, 2.45) is 0 Å². The molecular weight excluding hydrogens is 386 g/mol. The Morgan fingerprint density at radius 2 is 2.03 bits per heavy atom. The number of nitrogens with zero attached hydrogens (tertiary/aromatic N) is 2. The van der Waals surface area contributed by atoms with Gasteiger partial charge >= 0.3 is 0 Å². The Bertz CT molecular complexity index is 1150. The van der Waals surface area contributed by atoms with Gasteiger partial charge in [-0.2, -0.15) is 5.26 Å². The van der Waals surface area contributed by atoms with E-state index >= 15 is 0 Å². The summed E-state index contributed by atoms with van der Waals surface area (Å²) in [6.07, 6.45) is 0. The lowest BCUT2D eigenvalue weighted by Gasteiger charge is -2.10. The quantitative estimate of drug-likeness (QED) is 0.649. The minimum Gasteiger partial charge on any atom is -0.454 e. The number of nitriles is 1. The molecule has 0 atom stereocenters. The lowest BCUT2D eigenvalue weighted by atomic mass is 10.0. The van der Waals surface area contributed by atoms with Gasteiger partial charge in [0.25, 0.3) is 0 Å². The largest absolute Gasteiger partial charge is 0.454 e. The zero-order valence-electron chi connectivity index (χ0n) is 16.1. The molecule has 6 nitrogen and oxygen atoms in total. The van der Waals surface area contributed by atoms with Crippen molar-refractivity contribution in [2.45, 2.75) is 25.4 Å². The van der Waals surface area contributed by atoms with E-state index in [1.807, 2.05) is 50.2 Å². The Hall–Kier alpha value is -3.24. The molecule has 0 unspecified atom stereocenters. The first-order valence-corrected chi connectivity index (χ1v) is 10.1. The molecule has 0 saturated heterocycles. The van der Waals surface area contributed by atoms with Gasteiger partial charge in [0.15, 0.2) is 11.5 Å². The Labute approximate surface area is 172 Å². The van der Waals surface area contributed by atoms with Crippen LogP contribution in [0.5, 0.6) is 11.5 Å². The molecule has 7 heteroatoms. The maximum atomic E-state index is 12.3. The van der Waals surface area contributed by atoms with Crippen LogP contribution in [-0.2, 0) is 11.3 Å². The number of rotatable bonds is 5. The number of carbonyl (C=O) groups excluding carboxylic acids is 1. The highest BCUT2D eigenvalue weighted by molar-refractivity contribution is 8.00. The van der Waals surface area contributed by atoms with Crippen molar-refractivity contribution in [1.82, 2.24) is 10.3 Å². The predicted octanol–water partition coefficient (Wildman–Crippen LogP) is 3.86. The van der Waals surface area contributed by atoms with Crippen LogP contribution in [0.1, 0.15) is 22.3 Å².